The molecule has 20 heavy (non-hydrogen) atoms. The highest BCUT2D eigenvalue weighted by Gasteiger charge is 2.12. The average Bonchev–Trinajstić information content (AvgIpc) is 2.44. The number of carbonyl (C=O) groups is 1. The molecule has 0 saturated carbocycles. The molecule has 0 bridgehead atoms. The van der Waals surface area contributed by atoms with E-state index in [0.717, 1.165) is 24.3 Å². The molecule has 108 valence electrons. The normalized spacial score (nSPS) is 12.7. The Balaban J connectivity index is 1.89. The van der Waals surface area contributed by atoms with Gasteiger partial charge in [-0.3, -0.25) is 4.79 Å². The Morgan fingerprint density at radius 1 is 1.30 bits per heavy atom. The first-order valence-corrected chi connectivity index (χ1v) is 7.10. The molecule has 0 unspecified atom stereocenters. The zero-order valence-corrected chi connectivity index (χ0v) is 12.2. The van der Waals surface area contributed by atoms with Gasteiger partial charge in [0.05, 0.1) is 0 Å². The van der Waals surface area contributed by atoms with E-state index >= 15 is 0 Å². The molecule has 2 N–H and O–H groups in total. The molecule has 0 atom stereocenters. The van der Waals surface area contributed by atoms with E-state index in [1.165, 1.54) is 0 Å². The number of ether oxygens (including phenoxy) is 2. The van der Waals surface area contributed by atoms with Gasteiger partial charge in [-0.05, 0) is 30.8 Å². The SMILES string of the molecule is CCCCC(=O)NC(=S)Nc1ccc2c(c1)OCCO2. The highest BCUT2D eigenvalue weighted by Crippen LogP contribution is 2.32. The fourth-order valence-corrected chi connectivity index (χ4v) is 2.04. The van der Waals surface area contributed by atoms with Crippen LogP contribution in [0.1, 0.15) is 26.2 Å². The summed E-state index contributed by atoms with van der Waals surface area (Å²) < 4.78 is 10.9. The minimum atomic E-state index is -0.0677. The van der Waals surface area contributed by atoms with Crippen molar-refractivity contribution in [3.63, 3.8) is 0 Å². The first-order valence-electron chi connectivity index (χ1n) is 6.69. The number of benzene rings is 1. The van der Waals surface area contributed by atoms with Crippen LogP contribution >= 0.6 is 12.2 Å². The highest BCUT2D eigenvalue weighted by molar-refractivity contribution is 7.80. The Kier molecular flexibility index (Phi) is 5.17. The van der Waals surface area contributed by atoms with Gasteiger partial charge in [0.15, 0.2) is 16.6 Å². The maximum Gasteiger partial charge on any atom is 0.226 e. The third-order valence-corrected chi connectivity index (χ3v) is 3.01. The monoisotopic (exact) mass is 294 g/mol. The van der Waals surface area contributed by atoms with Crippen molar-refractivity contribution in [1.82, 2.24) is 5.32 Å². The second kappa shape index (κ2) is 7.09. The van der Waals surface area contributed by atoms with Gasteiger partial charge in [-0.2, -0.15) is 0 Å². The molecule has 2 rings (SSSR count). The maximum absolute atomic E-state index is 11.6. The van der Waals surface area contributed by atoms with E-state index in [1.54, 1.807) is 6.07 Å². The maximum atomic E-state index is 11.6. The summed E-state index contributed by atoms with van der Waals surface area (Å²) in [5.74, 6) is 1.34. The van der Waals surface area contributed by atoms with E-state index in [0.29, 0.717) is 30.5 Å². The van der Waals surface area contributed by atoms with Crippen LogP contribution in [0.2, 0.25) is 0 Å². The fraction of sp³-hybridized carbons (Fsp3) is 0.429. The van der Waals surface area contributed by atoms with E-state index < -0.39 is 0 Å². The van der Waals surface area contributed by atoms with Crippen molar-refractivity contribution in [2.24, 2.45) is 0 Å². The number of unbranched alkanes of at least 4 members (excludes halogenated alkanes) is 1. The van der Waals surface area contributed by atoms with E-state index in [1.807, 2.05) is 19.1 Å². The van der Waals surface area contributed by atoms with Crippen LogP contribution in [0.5, 0.6) is 11.5 Å². The molecule has 1 aliphatic rings. The molecule has 6 heteroatoms. The van der Waals surface area contributed by atoms with Gasteiger partial charge >= 0.3 is 0 Å². The van der Waals surface area contributed by atoms with Crippen LogP contribution in [0.4, 0.5) is 5.69 Å². The lowest BCUT2D eigenvalue weighted by Crippen LogP contribution is -2.33. The molecule has 5 nitrogen and oxygen atoms in total. The van der Waals surface area contributed by atoms with E-state index in [2.05, 4.69) is 10.6 Å². The van der Waals surface area contributed by atoms with Crippen LogP contribution in [0.3, 0.4) is 0 Å². The van der Waals surface area contributed by atoms with Crippen LogP contribution < -0.4 is 20.1 Å². The lowest BCUT2D eigenvalue weighted by atomic mass is 10.2. The molecule has 1 amide bonds. The van der Waals surface area contributed by atoms with Crippen molar-refractivity contribution in [3.8, 4) is 11.5 Å². The molecular weight excluding hydrogens is 276 g/mol. The first-order chi connectivity index (χ1) is 9.69. The third kappa shape index (κ3) is 4.09. The van der Waals surface area contributed by atoms with Crippen molar-refractivity contribution in [3.05, 3.63) is 18.2 Å². The van der Waals surface area contributed by atoms with E-state index in [4.69, 9.17) is 21.7 Å². The molecule has 0 fully saturated rings. The molecule has 1 aliphatic heterocycles. The van der Waals surface area contributed by atoms with Gasteiger partial charge in [0.2, 0.25) is 5.91 Å². The zero-order valence-electron chi connectivity index (χ0n) is 11.4. The molecule has 0 aliphatic carbocycles. The van der Waals surface area contributed by atoms with Crippen molar-refractivity contribution >= 4 is 28.9 Å². The van der Waals surface area contributed by atoms with Gasteiger partial charge in [0, 0.05) is 18.2 Å². The summed E-state index contributed by atoms with van der Waals surface area (Å²) >= 11 is 5.10. The van der Waals surface area contributed by atoms with Gasteiger partial charge in [-0.1, -0.05) is 13.3 Å². The number of thiocarbonyl (C=S) groups is 1. The van der Waals surface area contributed by atoms with Gasteiger partial charge in [0.1, 0.15) is 13.2 Å². The van der Waals surface area contributed by atoms with Gasteiger partial charge < -0.3 is 20.1 Å². The number of fused-ring (bicyclic) bond motifs is 1. The van der Waals surface area contributed by atoms with E-state index in [-0.39, 0.29) is 5.91 Å². The van der Waals surface area contributed by atoms with Crippen molar-refractivity contribution in [1.29, 1.82) is 0 Å². The molecule has 0 aromatic heterocycles. The lowest BCUT2D eigenvalue weighted by Gasteiger charge is -2.19. The summed E-state index contributed by atoms with van der Waals surface area (Å²) in [4.78, 5) is 11.6. The Hall–Kier alpha value is -1.82. The first kappa shape index (κ1) is 14.6. The summed E-state index contributed by atoms with van der Waals surface area (Å²) in [6, 6.07) is 5.45. The molecule has 0 saturated heterocycles. The Morgan fingerprint density at radius 2 is 2.05 bits per heavy atom. The molecule has 1 aromatic carbocycles. The Labute approximate surface area is 123 Å². The zero-order chi connectivity index (χ0) is 14.4. The predicted molar refractivity (Wildman–Crippen MR) is 81.3 cm³/mol. The minimum Gasteiger partial charge on any atom is -0.486 e. The Morgan fingerprint density at radius 3 is 2.80 bits per heavy atom. The molecular formula is C14H18N2O3S. The van der Waals surface area contributed by atoms with E-state index in [9.17, 15) is 4.79 Å². The molecule has 1 heterocycles. The van der Waals surface area contributed by atoms with Crippen LogP contribution in [0, 0.1) is 0 Å². The van der Waals surface area contributed by atoms with Crippen molar-refractivity contribution < 1.29 is 14.3 Å². The number of hydrogen-bond donors (Lipinski definition) is 2. The van der Waals surface area contributed by atoms with Gasteiger partial charge in [0.25, 0.3) is 0 Å². The lowest BCUT2D eigenvalue weighted by molar-refractivity contribution is -0.119. The largest absolute Gasteiger partial charge is 0.486 e. The number of hydrogen-bond acceptors (Lipinski definition) is 4. The summed E-state index contributed by atoms with van der Waals surface area (Å²) in [6.07, 6.45) is 2.33. The van der Waals surface area contributed by atoms with Crippen LogP contribution in [-0.4, -0.2) is 24.2 Å². The standard InChI is InChI=1S/C14H18N2O3S/c1-2-3-4-13(17)16-14(20)15-10-5-6-11-12(9-10)19-8-7-18-11/h5-6,9H,2-4,7-8H2,1H3,(H2,15,16,17,20). The quantitative estimate of drug-likeness (QED) is 0.835. The number of carbonyl (C=O) groups excluding carboxylic acids is 1. The van der Waals surface area contributed by atoms with Gasteiger partial charge in [-0.25, -0.2) is 0 Å². The summed E-state index contributed by atoms with van der Waals surface area (Å²) in [5, 5.41) is 5.91. The third-order valence-electron chi connectivity index (χ3n) is 2.81. The summed E-state index contributed by atoms with van der Waals surface area (Å²) in [5.41, 5.74) is 0.759. The van der Waals surface area contributed by atoms with Crippen molar-refractivity contribution in [2.45, 2.75) is 26.2 Å². The summed E-state index contributed by atoms with van der Waals surface area (Å²) in [6.45, 7) is 3.14. The second-order valence-electron chi connectivity index (χ2n) is 4.46. The highest BCUT2D eigenvalue weighted by atomic mass is 32.1. The topological polar surface area (TPSA) is 59.6 Å². The summed E-state index contributed by atoms with van der Waals surface area (Å²) in [7, 11) is 0. The predicted octanol–water partition coefficient (Wildman–Crippen LogP) is 2.46. The number of rotatable bonds is 4. The average molecular weight is 294 g/mol. The van der Waals surface area contributed by atoms with Crippen LogP contribution in [0.25, 0.3) is 0 Å². The second-order valence-corrected chi connectivity index (χ2v) is 4.87. The van der Waals surface area contributed by atoms with Crippen LogP contribution in [-0.2, 0) is 4.79 Å². The van der Waals surface area contributed by atoms with Gasteiger partial charge in [-0.15, -0.1) is 0 Å². The smallest absolute Gasteiger partial charge is 0.226 e. The Bertz CT molecular complexity index is 505. The number of nitrogens with one attached hydrogen (secondary N) is 2. The molecule has 0 radical (unpaired) electrons. The van der Waals surface area contributed by atoms with Crippen LogP contribution in [0.15, 0.2) is 18.2 Å². The minimum absolute atomic E-state index is 0.0677. The molecule has 1 aromatic rings. The number of anilines is 1. The molecule has 0 spiro atoms. The fourth-order valence-electron chi connectivity index (χ4n) is 1.81. The van der Waals surface area contributed by atoms with Crippen molar-refractivity contribution in [2.75, 3.05) is 18.5 Å². The number of amides is 1.